The van der Waals surface area contributed by atoms with Gasteiger partial charge in [0.15, 0.2) is 0 Å². The summed E-state index contributed by atoms with van der Waals surface area (Å²) in [7, 11) is 0. The van der Waals surface area contributed by atoms with E-state index in [2.05, 4.69) is 10.3 Å². The summed E-state index contributed by atoms with van der Waals surface area (Å²) < 4.78 is 81.4. The van der Waals surface area contributed by atoms with Gasteiger partial charge >= 0.3 is 12.4 Å². The van der Waals surface area contributed by atoms with Crippen LogP contribution in [0.5, 0.6) is 0 Å². The number of carbonyl (C=O) groups excluding carboxylic acids is 2. The van der Waals surface area contributed by atoms with Gasteiger partial charge in [0.05, 0.1) is 16.7 Å². The molecule has 1 aromatic heterocycles. The van der Waals surface area contributed by atoms with Gasteiger partial charge in [-0.25, -0.2) is 0 Å². The number of carbonyl (C=O) groups is 2. The maximum atomic E-state index is 13.7. The van der Waals surface area contributed by atoms with Gasteiger partial charge in [-0.05, 0) is 60.5 Å². The SMILES string of the molecule is O=C(N[C@@H]1CC[C@@H](Cc2ccc(Cl)cc2)N(C(=O)c2cc(C(F)(F)F)cc(C(F)(F)F)c2)C1)c1cncc2ccccc12. The smallest absolute Gasteiger partial charge is 0.347 e. The van der Waals surface area contributed by atoms with Crippen LogP contribution in [-0.4, -0.2) is 40.3 Å². The number of piperidine rings is 1. The van der Waals surface area contributed by atoms with E-state index in [-0.39, 0.29) is 19.0 Å². The summed E-state index contributed by atoms with van der Waals surface area (Å²) in [6, 6.07) is 13.6. The number of hydrogen-bond donors (Lipinski definition) is 1. The van der Waals surface area contributed by atoms with Crippen LogP contribution in [-0.2, 0) is 18.8 Å². The molecule has 2 amide bonds. The van der Waals surface area contributed by atoms with Crippen molar-refractivity contribution in [2.75, 3.05) is 6.54 Å². The zero-order valence-electron chi connectivity index (χ0n) is 22.3. The molecule has 5 rings (SSSR count). The van der Waals surface area contributed by atoms with Crippen molar-refractivity contribution >= 4 is 34.2 Å². The van der Waals surface area contributed by atoms with Crippen molar-refractivity contribution in [3.63, 3.8) is 0 Å². The molecule has 1 N–H and O–H groups in total. The summed E-state index contributed by atoms with van der Waals surface area (Å²) in [4.78, 5) is 32.4. The van der Waals surface area contributed by atoms with Crippen LogP contribution < -0.4 is 5.32 Å². The van der Waals surface area contributed by atoms with E-state index >= 15 is 0 Å². The quantitative estimate of drug-likeness (QED) is 0.234. The van der Waals surface area contributed by atoms with Crippen LogP contribution in [0.4, 0.5) is 26.3 Å². The molecule has 2 heterocycles. The third-order valence-corrected chi connectivity index (χ3v) is 7.69. The van der Waals surface area contributed by atoms with Crippen molar-refractivity contribution in [3.8, 4) is 0 Å². The Morgan fingerprint density at radius 1 is 0.884 bits per heavy atom. The average molecular weight is 620 g/mol. The molecule has 224 valence electrons. The molecule has 1 fully saturated rings. The van der Waals surface area contributed by atoms with Gasteiger partial charge < -0.3 is 10.2 Å². The van der Waals surface area contributed by atoms with Gasteiger partial charge in [0.25, 0.3) is 11.8 Å². The number of halogens is 7. The minimum atomic E-state index is -5.11. The molecule has 4 aromatic rings. The van der Waals surface area contributed by atoms with Gasteiger partial charge in [-0.2, -0.15) is 26.3 Å². The fraction of sp³-hybridized carbons (Fsp3) is 0.258. The minimum Gasteiger partial charge on any atom is -0.347 e. The zero-order valence-corrected chi connectivity index (χ0v) is 23.1. The topological polar surface area (TPSA) is 62.3 Å². The van der Waals surface area contributed by atoms with Gasteiger partial charge in [-0.15, -0.1) is 0 Å². The predicted octanol–water partition coefficient (Wildman–Crippen LogP) is 7.57. The van der Waals surface area contributed by atoms with E-state index in [0.29, 0.717) is 40.9 Å². The maximum Gasteiger partial charge on any atom is 0.416 e. The Morgan fingerprint density at radius 2 is 1.53 bits per heavy atom. The number of likely N-dealkylation sites (tertiary alicyclic amines) is 1. The van der Waals surface area contributed by atoms with Crippen LogP contribution in [0.15, 0.2) is 79.1 Å². The summed E-state index contributed by atoms with van der Waals surface area (Å²) in [6.45, 7) is -0.126. The van der Waals surface area contributed by atoms with Crippen LogP contribution in [0.2, 0.25) is 5.02 Å². The number of benzene rings is 3. The number of nitrogens with zero attached hydrogens (tertiary/aromatic N) is 2. The highest BCUT2D eigenvalue weighted by atomic mass is 35.5. The maximum absolute atomic E-state index is 13.7. The Labute approximate surface area is 247 Å². The van der Waals surface area contributed by atoms with Gasteiger partial charge in [-0.3, -0.25) is 14.6 Å². The van der Waals surface area contributed by atoms with Crippen LogP contribution in [0, 0.1) is 0 Å². The third kappa shape index (κ3) is 6.93. The molecular weight excluding hydrogens is 596 g/mol. The van der Waals surface area contributed by atoms with Crippen molar-refractivity contribution in [1.82, 2.24) is 15.2 Å². The molecule has 5 nitrogen and oxygen atoms in total. The number of nitrogens with one attached hydrogen (secondary N) is 1. The largest absolute Gasteiger partial charge is 0.416 e. The van der Waals surface area contributed by atoms with Gasteiger partial charge in [0.2, 0.25) is 0 Å². The lowest BCUT2D eigenvalue weighted by molar-refractivity contribution is -0.143. The van der Waals surface area contributed by atoms with Crippen molar-refractivity contribution in [2.45, 2.75) is 43.7 Å². The van der Waals surface area contributed by atoms with Crippen LogP contribution in [0.1, 0.15) is 50.2 Å². The number of rotatable bonds is 5. The molecule has 1 aliphatic rings. The molecule has 43 heavy (non-hydrogen) atoms. The normalized spacial score (nSPS) is 17.6. The van der Waals surface area contributed by atoms with Crippen molar-refractivity contribution < 1.29 is 35.9 Å². The number of fused-ring (bicyclic) bond motifs is 1. The van der Waals surface area contributed by atoms with E-state index in [4.69, 9.17) is 11.6 Å². The van der Waals surface area contributed by atoms with Crippen LogP contribution >= 0.6 is 11.6 Å². The summed E-state index contributed by atoms with van der Waals surface area (Å²) in [5, 5.41) is 4.75. The second-order valence-corrected chi connectivity index (χ2v) is 10.8. The van der Waals surface area contributed by atoms with E-state index < -0.39 is 52.9 Å². The Bertz CT molecular complexity index is 1620. The van der Waals surface area contributed by atoms with E-state index in [0.717, 1.165) is 10.9 Å². The minimum absolute atomic E-state index is 0.0145. The van der Waals surface area contributed by atoms with Gasteiger partial charge in [-0.1, -0.05) is 48.0 Å². The number of hydrogen-bond acceptors (Lipinski definition) is 3. The number of pyridine rings is 1. The van der Waals surface area contributed by atoms with E-state index in [1.54, 1.807) is 54.7 Å². The summed E-state index contributed by atoms with van der Waals surface area (Å²) in [6.07, 6.45) is -6.16. The highest BCUT2D eigenvalue weighted by Crippen LogP contribution is 2.37. The molecule has 0 spiro atoms. The first-order valence-electron chi connectivity index (χ1n) is 13.3. The van der Waals surface area contributed by atoms with E-state index in [1.165, 1.54) is 11.1 Å². The van der Waals surface area contributed by atoms with E-state index in [1.807, 2.05) is 0 Å². The highest BCUT2D eigenvalue weighted by molar-refractivity contribution is 6.30. The molecular formula is C31H24ClF6N3O2. The predicted molar refractivity (Wildman–Crippen MR) is 149 cm³/mol. The molecule has 0 unspecified atom stereocenters. The van der Waals surface area contributed by atoms with E-state index in [9.17, 15) is 35.9 Å². The average Bonchev–Trinajstić information content (AvgIpc) is 2.97. The summed E-state index contributed by atoms with van der Waals surface area (Å²) in [5.41, 5.74) is -2.83. The number of aromatic nitrogens is 1. The van der Waals surface area contributed by atoms with Crippen LogP contribution in [0.3, 0.4) is 0 Å². The van der Waals surface area contributed by atoms with Crippen molar-refractivity contribution in [1.29, 1.82) is 0 Å². The Morgan fingerprint density at radius 3 is 2.19 bits per heavy atom. The fourth-order valence-electron chi connectivity index (χ4n) is 5.30. The third-order valence-electron chi connectivity index (χ3n) is 7.43. The second kappa shape index (κ2) is 11.9. The van der Waals surface area contributed by atoms with Crippen molar-refractivity contribution in [3.05, 3.63) is 112 Å². The second-order valence-electron chi connectivity index (χ2n) is 10.4. The standard InChI is InChI=1S/C31H24ClF6N3O2/c32-23-7-5-18(6-8-23)11-25-10-9-24(40-28(42)27-16-39-15-19-3-1-2-4-26(19)27)17-41(25)29(43)20-12-21(30(33,34)35)14-22(13-20)31(36,37)38/h1-8,12-16,24-25H,9-11,17H2,(H,40,42)/t24-,25+/m1/s1. The first-order valence-corrected chi connectivity index (χ1v) is 13.7. The summed E-state index contributed by atoms with van der Waals surface area (Å²) in [5.74, 6) is -1.46. The zero-order chi connectivity index (χ0) is 30.9. The first-order chi connectivity index (χ1) is 20.3. The summed E-state index contributed by atoms with van der Waals surface area (Å²) >= 11 is 5.98. The molecule has 0 aliphatic carbocycles. The monoisotopic (exact) mass is 619 g/mol. The Kier molecular flexibility index (Phi) is 8.38. The molecule has 1 saturated heterocycles. The lowest BCUT2D eigenvalue weighted by Gasteiger charge is -2.40. The highest BCUT2D eigenvalue weighted by Gasteiger charge is 2.39. The first kappa shape index (κ1) is 30.3. The molecule has 2 atom stereocenters. The lowest BCUT2D eigenvalue weighted by atomic mass is 9.91. The van der Waals surface area contributed by atoms with Gasteiger partial charge in [0, 0.05) is 47.0 Å². The molecule has 0 radical (unpaired) electrons. The molecule has 3 aromatic carbocycles. The molecule has 0 saturated carbocycles. The Balaban J connectivity index is 1.46. The number of amides is 2. The molecule has 1 aliphatic heterocycles. The number of alkyl halides is 6. The van der Waals surface area contributed by atoms with Crippen molar-refractivity contribution in [2.24, 2.45) is 0 Å². The molecule has 0 bridgehead atoms. The fourth-order valence-corrected chi connectivity index (χ4v) is 5.43. The molecule has 12 heteroatoms. The Hall–Kier alpha value is -4.12. The van der Waals surface area contributed by atoms with Crippen LogP contribution in [0.25, 0.3) is 10.8 Å². The lowest BCUT2D eigenvalue weighted by Crippen LogP contribution is -2.54. The van der Waals surface area contributed by atoms with Gasteiger partial charge in [0.1, 0.15) is 0 Å².